The number of allylic oxidation sites excluding steroid dienone is 1. The third kappa shape index (κ3) is 3.31. The lowest BCUT2D eigenvalue weighted by atomic mass is 10.0. The standard InChI is InChI=1S/C16H15Br/c1-13(12-17)11-14-7-9-16(10-8-14)15-5-3-2-4-6-15/h2-11H,12H2,1H3. The van der Waals surface area contributed by atoms with E-state index in [9.17, 15) is 0 Å². The summed E-state index contributed by atoms with van der Waals surface area (Å²) in [6.45, 7) is 2.12. The molecule has 0 bridgehead atoms. The van der Waals surface area contributed by atoms with E-state index in [-0.39, 0.29) is 0 Å². The van der Waals surface area contributed by atoms with Crippen LogP contribution in [0, 0.1) is 0 Å². The molecule has 0 aliphatic rings. The Hall–Kier alpha value is -1.34. The molecule has 1 heteroatoms. The van der Waals surface area contributed by atoms with Crippen molar-refractivity contribution in [1.29, 1.82) is 0 Å². The fourth-order valence-electron chi connectivity index (χ4n) is 1.73. The molecule has 0 aromatic heterocycles. The molecule has 0 radical (unpaired) electrons. The normalized spacial score (nSPS) is 11.5. The number of halogens is 1. The summed E-state index contributed by atoms with van der Waals surface area (Å²) >= 11 is 3.46. The summed E-state index contributed by atoms with van der Waals surface area (Å²) in [5, 5.41) is 0.924. The molecule has 0 spiro atoms. The Morgan fingerprint density at radius 1 is 0.941 bits per heavy atom. The quantitative estimate of drug-likeness (QED) is 0.685. The summed E-state index contributed by atoms with van der Waals surface area (Å²) < 4.78 is 0. The van der Waals surface area contributed by atoms with Gasteiger partial charge in [0.2, 0.25) is 0 Å². The molecular formula is C16H15Br. The average molecular weight is 287 g/mol. The van der Waals surface area contributed by atoms with Crippen LogP contribution in [0.15, 0.2) is 60.2 Å². The van der Waals surface area contributed by atoms with Crippen molar-refractivity contribution in [3.63, 3.8) is 0 Å². The van der Waals surface area contributed by atoms with Crippen LogP contribution in [0.1, 0.15) is 12.5 Å². The molecule has 0 amide bonds. The predicted octanol–water partition coefficient (Wildman–Crippen LogP) is 5.15. The van der Waals surface area contributed by atoms with Crippen molar-refractivity contribution in [3.05, 3.63) is 65.7 Å². The average Bonchev–Trinajstić information content (AvgIpc) is 2.40. The highest BCUT2D eigenvalue weighted by atomic mass is 79.9. The molecule has 86 valence electrons. The van der Waals surface area contributed by atoms with Gasteiger partial charge in [-0.2, -0.15) is 0 Å². The Bertz CT molecular complexity index is 495. The molecule has 0 saturated carbocycles. The summed E-state index contributed by atoms with van der Waals surface area (Å²) in [6.07, 6.45) is 2.20. The van der Waals surface area contributed by atoms with Crippen LogP contribution in [0.25, 0.3) is 17.2 Å². The molecule has 17 heavy (non-hydrogen) atoms. The van der Waals surface area contributed by atoms with Gasteiger partial charge in [0.25, 0.3) is 0 Å². The van der Waals surface area contributed by atoms with Crippen LogP contribution in [0.4, 0.5) is 0 Å². The van der Waals surface area contributed by atoms with E-state index in [1.807, 2.05) is 6.07 Å². The zero-order valence-corrected chi connectivity index (χ0v) is 11.4. The van der Waals surface area contributed by atoms with Gasteiger partial charge in [-0.15, -0.1) is 0 Å². The van der Waals surface area contributed by atoms with Crippen molar-refractivity contribution in [3.8, 4) is 11.1 Å². The lowest BCUT2D eigenvalue weighted by Crippen LogP contribution is -1.80. The van der Waals surface area contributed by atoms with Gasteiger partial charge < -0.3 is 0 Å². The highest BCUT2D eigenvalue weighted by molar-refractivity contribution is 9.09. The van der Waals surface area contributed by atoms with Crippen molar-refractivity contribution in [2.45, 2.75) is 6.92 Å². The Kier molecular flexibility index (Phi) is 4.16. The minimum Gasteiger partial charge on any atom is -0.0880 e. The fraction of sp³-hybridized carbons (Fsp3) is 0.125. The number of alkyl halides is 1. The van der Waals surface area contributed by atoms with Gasteiger partial charge in [0, 0.05) is 5.33 Å². The molecule has 0 unspecified atom stereocenters. The molecule has 2 rings (SSSR count). The van der Waals surface area contributed by atoms with Crippen LogP contribution in [0.2, 0.25) is 0 Å². The van der Waals surface area contributed by atoms with Crippen LogP contribution in [-0.2, 0) is 0 Å². The third-order valence-electron chi connectivity index (χ3n) is 2.64. The van der Waals surface area contributed by atoms with E-state index in [4.69, 9.17) is 0 Å². The Morgan fingerprint density at radius 3 is 2.12 bits per heavy atom. The van der Waals surface area contributed by atoms with Crippen molar-refractivity contribution >= 4 is 22.0 Å². The zero-order valence-electron chi connectivity index (χ0n) is 9.86. The van der Waals surface area contributed by atoms with Gasteiger partial charge in [0.05, 0.1) is 0 Å². The van der Waals surface area contributed by atoms with Crippen molar-refractivity contribution in [1.82, 2.24) is 0 Å². The van der Waals surface area contributed by atoms with Gasteiger partial charge in [-0.25, -0.2) is 0 Å². The number of rotatable bonds is 3. The maximum absolute atomic E-state index is 3.46. The molecular weight excluding hydrogens is 272 g/mol. The Balaban J connectivity index is 2.25. The van der Waals surface area contributed by atoms with Gasteiger partial charge in [-0.05, 0) is 23.6 Å². The zero-order chi connectivity index (χ0) is 12.1. The molecule has 0 heterocycles. The predicted molar refractivity (Wildman–Crippen MR) is 79.3 cm³/mol. The molecule has 0 aliphatic carbocycles. The second-order valence-corrected chi connectivity index (χ2v) is 4.67. The largest absolute Gasteiger partial charge is 0.0880 e. The van der Waals surface area contributed by atoms with E-state index in [1.54, 1.807) is 0 Å². The monoisotopic (exact) mass is 286 g/mol. The maximum atomic E-state index is 3.46. The number of hydrogen-bond acceptors (Lipinski definition) is 0. The molecule has 0 nitrogen and oxygen atoms in total. The molecule has 0 N–H and O–H groups in total. The van der Waals surface area contributed by atoms with Gasteiger partial charge in [0.15, 0.2) is 0 Å². The van der Waals surface area contributed by atoms with Crippen LogP contribution in [0.5, 0.6) is 0 Å². The summed E-state index contributed by atoms with van der Waals surface area (Å²) in [6, 6.07) is 19.1. The van der Waals surface area contributed by atoms with Crippen molar-refractivity contribution in [2.75, 3.05) is 5.33 Å². The summed E-state index contributed by atoms with van der Waals surface area (Å²) in [7, 11) is 0. The summed E-state index contributed by atoms with van der Waals surface area (Å²) in [4.78, 5) is 0. The second-order valence-electron chi connectivity index (χ2n) is 4.11. The van der Waals surface area contributed by atoms with Crippen LogP contribution >= 0.6 is 15.9 Å². The first-order chi connectivity index (χ1) is 8.29. The third-order valence-corrected chi connectivity index (χ3v) is 3.53. The molecule has 0 fully saturated rings. The SMILES string of the molecule is CC(=Cc1ccc(-c2ccccc2)cc1)CBr. The molecule has 0 saturated heterocycles. The van der Waals surface area contributed by atoms with Crippen molar-refractivity contribution < 1.29 is 0 Å². The van der Waals surface area contributed by atoms with E-state index in [0.29, 0.717) is 0 Å². The fourth-order valence-corrected chi connectivity index (χ4v) is 1.89. The Labute approximate surface area is 111 Å². The van der Waals surface area contributed by atoms with E-state index in [1.165, 1.54) is 22.3 Å². The minimum atomic E-state index is 0.924. The topological polar surface area (TPSA) is 0 Å². The molecule has 0 atom stereocenters. The number of hydrogen-bond donors (Lipinski definition) is 0. The van der Waals surface area contributed by atoms with E-state index < -0.39 is 0 Å². The summed E-state index contributed by atoms with van der Waals surface area (Å²) in [5.74, 6) is 0. The molecule has 0 aliphatic heterocycles. The van der Waals surface area contributed by atoms with Crippen LogP contribution in [0.3, 0.4) is 0 Å². The first-order valence-electron chi connectivity index (χ1n) is 5.68. The van der Waals surface area contributed by atoms with Gasteiger partial charge in [-0.1, -0.05) is 82.2 Å². The van der Waals surface area contributed by atoms with E-state index in [0.717, 1.165) is 5.33 Å². The number of benzene rings is 2. The summed E-state index contributed by atoms with van der Waals surface area (Å²) in [5.41, 5.74) is 5.11. The Morgan fingerprint density at radius 2 is 1.53 bits per heavy atom. The minimum absolute atomic E-state index is 0.924. The lowest BCUT2D eigenvalue weighted by molar-refractivity contribution is 1.45. The highest BCUT2D eigenvalue weighted by Crippen LogP contribution is 2.20. The van der Waals surface area contributed by atoms with Crippen molar-refractivity contribution in [2.24, 2.45) is 0 Å². The van der Waals surface area contributed by atoms with Crippen LogP contribution < -0.4 is 0 Å². The maximum Gasteiger partial charge on any atom is 0.0242 e. The lowest BCUT2D eigenvalue weighted by Gasteiger charge is -2.02. The van der Waals surface area contributed by atoms with Gasteiger partial charge in [0.1, 0.15) is 0 Å². The smallest absolute Gasteiger partial charge is 0.0242 e. The first kappa shape index (κ1) is 12.1. The highest BCUT2D eigenvalue weighted by Gasteiger charge is 1.96. The van der Waals surface area contributed by atoms with Gasteiger partial charge >= 0.3 is 0 Å². The molecule has 2 aromatic carbocycles. The van der Waals surface area contributed by atoms with Crippen LogP contribution in [-0.4, -0.2) is 5.33 Å². The molecule has 2 aromatic rings. The van der Waals surface area contributed by atoms with E-state index >= 15 is 0 Å². The van der Waals surface area contributed by atoms with E-state index in [2.05, 4.69) is 77.5 Å². The van der Waals surface area contributed by atoms with Gasteiger partial charge in [-0.3, -0.25) is 0 Å². The second kappa shape index (κ2) is 5.83. The first-order valence-corrected chi connectivity index (χ1v) is 6.80.